The summed E-state index contributed by atoms with van der Waals surface area (Å²) in [6.45, 7) is 4.01. The lowest BCUT2D eigenvalue weighted by Gasteiger charge is -2.29. The predicted molar refractivity (Wildman–Crippen MR) is 77.4 cm³/mol. The molecule has 2 N–H and O–H groups in total. The van der Waals surface area contributed by atoms with Crippen molar-refractivity contribution in [1.82, 2.24) is 10.6 Å². The molecule has 1 atom stereocenters. The third kappa shape index (κ3) is 2.93. The van der Waals surface area contributed by atoms with Crippen molar-refractivity contribution in [2.24, 2.45) is 0 Å². The summed E-state index contributed by atoms with van der Waals surface area (Å²) in [6, 6.07) is 9.76. The van der Waals surface area contributed by atoms with Gasteiger partial charge in [0.25, 0.3) is 0 Å². The summed E-state index contributed by atoms with van der Waals surface area (Å²) in [5.41, 5.74) is 2.36. The lowest BCUT2D eigenvalue weighted by Crippen LogP contribution is -2.45. The van der Waals surface area contributed by atoms with E-state index >= 15 is 0 Å². The maximum atomic E-state index is 11.9. The van der Waals surface area contributed by atoms with E-state index in [1.165, 1.54) is 0 Å². The zero-order chi connectivity index (χ0) is 13.8. The molecule has 1 aromatic carbocycles. The summed E-state index contributed by atoms with van der Waals surface area (Å²) in [7, 11) is 0. The van der Waals surface area contributed by atoms with Crippen LogP contribution >= 0.6 is 12.2 Å². The van der Waals surface area contributed by atoms with E-state index in [0.717, 1.165) is 11.1 Å². The molecule has 1 aliphatic heterocycles. The van der Waals surface area contributed by atoms with Crippen LogP contribution in [0, 0.1) is 0 Å². The molecule has 2 rings (SSSR count). The van der Waals surface area contributed by atoms with E-state index in [2.05, 4.69) is 10.6 Å². The van der Waals surface area contributed by atoms with Crippen LogP contribution in [0.1, 0.15) is 25.5 Å². The van der Waals surface area contributed by atoms with Crippen LogP contribution in [0.25, 0.3) is 0 Å². The standard InChI is InChI=1S/C14H16N2O2S/c1-3-18-13(17)12-9(2)11(15-14(19)16-12)10-7-5-4-6-8-10/h4-8,11H,3H2,1-2H3,(H2,15,16,19)/t11-/m1/s1. The van der Waals surface area contributed by atoms with Crippen LogP contribution in [0.2, 0.25) is 0 Å². The highest BCUT2D eigenvalue weighted by Crippen LogP contribution is 2.26. The smallest absolute Gasteiger partial charge is 0.354 e. The van der Waals surface area contributed by atoms with Gasteiger partial charge < -0.3 is 15.4 Å². The Bertz CT molecular complexity index is 526. The molecule has 1 aromatic rings. The van der Waals surface area contributed by atoms with E-state index in [-0.39, 0.29) is 12.0 Å². The predicted octanol–water partition coefficient (Wildman–Crippen LogP) is 2.04. The van der Waals surface area contributed by atoms with E-state index in [1.807, 2.05) is 37.3 Å². The number of ether oxygens (including phenoxy) is 1. The molecule has 0 aromatic heterocycles. The number of rotatable bonds is 3. The molecule has 100 valence electrons. The molecule has 4 nitrogen and oxygen atoms in total. The number of hydrogen-bond acceptors (Lipinski definition) is 3. The SMILES string of the molecule is CCOC(=O)C1=C(C)[C@H](c2ccccc2)NC(=S)N1. The fraction of sp³-hybridized carbons (Fsp3) is 0.286. The number of nitrogens with one attached hydrogen (secondary N) is 2. The molecule has 0 amide bonds. The van der Waals surface area contributed by atoms with Crippen molar-refractivity contribution in [3.8, 4) is 0 Å². The monoisotopic (exact) mass is 276 g/mol. The van der Waals surface area contributed by atoms with E-state index in [4.69, 9.17) is 17.0 Å². The Labute approximate surface area is 117 Å². The number of benzene rings is 1. The largest absolute Gasteiger partial charge is 0.461 e. The maximum Gasteiger partial charge on any atom is 0.354 e. The number of thiocarbonyl (C=S) groups is 1. The lowest BCUT2D eigenvalue weighted by molar-refractivity contribution is -0.138. The molecule has 0 bridgehead atoms. The van der Waals surface area contributed by atoms with E-state index < -0.39 is 0 Å². The first-order valence-electron chi connectivity index (χ1n) is 6.13. The molecular weight excluding hydrogens is 260 g/mol. The Morgan fingerprint density at radius 2 is 2.05 bits per heavy atom. The van der Waals surface area contributed by atoms with Crippen LogP contribution in [-0.4, -0.2) is 17.7 Å². The first-order chi connectivity index (χ1) is 9.13. The van der Waals surface area contributed by atoms with Gasteiger partial charge in [0, 0.05) is 0 Å². The molecule has 0 fully saturated rings. The summed E-state index contributed by atoms with van der Waals surface area (Å²) in [6.07, 6.45) is 0. The van der Waals surface area contributed by atoms with Gasteiger partial charge in [0.2, 0.25) is 0 Å². The number of hydrogen-bond donors (Lipinski definition) is 2. The van der Waals surface area contributed by atoms with Gasteiger partial charge in [0.1, 0.15) is 5.70 Å². The van der Waals surface area contributed by atoms with Gasteiger partial charge >= 0.3 is 5.97 Å². The van der Waals surface area contributed by atoms with Gasteiger partial charge in [0.05, 0.1) is 12.6 Å². The number of carbonyl (C=O) groups is 1. The van der Waals surface area contributed by atoms with Crippen molar-refractivity contribution < 1.29 is 9.53 Å². The average molecular weight is 276 g/mol. The summed E-state index contributed by atoms with van der Waals surface area (Å²) < 4.78 is 5.04. The fourth-order valence-electron chi connectivity index (χ4n) is 2.03. The Hall–Kier alpha value is -1.88. The van der Waals surface area contributed by atoms with Crippen LogP contribution in [-0.2, 0) is 9.53 Å². The van der Waals surface area contributed by atoms with Crippen molar-refractivity contribution in [3.05, 3.63) is 47.2 Å². The second-order valence-corrected chi connectivity index (χ2v) is 4.63. The second kappa shape index (κ2) is 5.84. The van der Waals surface area contributed by atoms with Gasteiger partial charge in [-0.2, -0.15) is 0 Å². The highest BCUT2D eigenvalue weighted by atomic mass is 32.1. The van der Waals surface area contributed by atoms with E-state index in [9.17, 15) is 4.79 Å². The molecule has 1 heterocycles. The summed E-state index contributed by atoms with van der Waals surface area (Å²) >= 11 is 5.15. The van der Waals surface area contributed by atoms with Crippen LogP contribution in [0.15, 0.2) is 41.6 Å². The van der Waals surface area contributed by atoms with Crippen molar-refractivity contribution in [3.63, 3.8) is 0 Å². The molecular formula is C14H16N2O2S. The molecule has 0 aliphatic carbocycles. The van der Waals surface area contributed by atoms with Crippen molar-refractivity contribution in [1.29, 1.82) is 0 Å². The van der Waals surface area contributed by atoms with E-state index in [1.54, 1.807) is 6.92 Å². The van der Waals surface area contributed by atoms with Gasteiger partial charge in [-0.3, -0.25) is 0 Å². The van der Waals surface area contributed by atoms with Gasteiger partial charge in [0.15, 0.2) is 5.11 Å². The third-order valence-corrected chi connectivity index (χ3v) is 3.17. The minimum atomic E-state index is -0.371. The number of carbonyl (C=O) groups excluding carboxylic acids is 1. The van der Waals surface area contributed by atoms with E-state index in [0.29, 0.717) is 17.4 Å². The normalized spacial score (nSPS) is 18.6. The Morgan fingerprint density at radius 1 is 1.37 bits per heavy atom. The molecule has 5 heteroatoms. The molecule has 0 saturated heterocycles. The topological polar surface area (TPSA) is 50.4 Å². The average Bonchev–Trinajstić information content (AvgIpc) is 2.42. The van der Waals surface area contributed by atoms with Crippen LogP contribution in [0.4, 0.5) is 0 Å². The molecule has 19 heavy (non-hydrogen) atoms. The second-order valence-electron chi connectivity index (χ2n) is 4.22. The van der Waals surface area contributed by atoms with Crippen LogP contribution in [0.3, 0.4) is 0 Å². The highest BCUT2D eigenvalue weighted by Gasteiger charge is 2.27. The Morgan fingerprint density at radius 3 is 2.68 bits per heavy atom. The molecule has 0 unspecified atom stereocenters. The quantitative estimate of drug-likeness (QED) is 0.653. The zero-order valence-electron chi connectivity index (χ0n) is 10.9. The van der Waals surface area contributed by atoms with Crippen molar-refractivity contribution >= 4 is 23.3 Å². The van der Waals surface area contributed by atoms with Crippen LogP contribution in [0.5, 0.6) is 0 Å². The fourth-order valence-corrected chi connectivity index (χ4v) is 2.25. The minimum Gasteiger partial charge on any atom is -0.461 e. The van der Waals surface area contributed by atoms with Crippen molar-refractivity contribution in [2.45, 2.75) is 19.9 Å². The molecule has 0 radical (unpaired) electrons. The molecule has 0 saturated carbocycles. The number of esters is 1. The Balaban J connectivity index is 2.36. The summed E-state index contributed by atoms with van der Waals surface area (Å²) in [5, 5.41) is 6.47. The van der Waals surface area contributed by atoms with Gasteiger partial charge in [-0.05, 0) is 37.2 Å². The zero-order valence-corrected chi connectivity index (χ0v) is 11.7. The maximum absolute atomic E-state index is 11.9. The van der Waals surface area contributed by atoms with Crippen molar-refractivity contribution in [2.75, 3.05) is 6.61 Å². The third-order valence-electron chi connectivity index (χ3n) is 2.95. The van der Waals surface area contributed by atoms with Crippen LogP contribution < -0.4 is 10.6 Å². The highest BCUT2D eigenvalue weighted by molar-refractivity contribution is 7.80. The first-order valence-corrected chi connectivity index (χ1v) is 6.54. The summed E-state index contributed by atoms with van der Waals surface area (Å²) in [5.74, 6) is -0.371. The van der Waals surface area contributed by atoms with Gasteiger partial charge in [-0.15, -0.1) is 0 Å². The molecule has 1 aliphatic rings. The minimum absolute atomic E-state index is 0.102. The summed E-state index contributed by atoms with van der Waals surface area (Å²) in [4.78, 5) is 11.9. The van der Waals surface area contributed by atoms with Gasteiger partial charge in [-0.25, -0.2) is 4.79 Å². The Kier molecular flexibility index (Phi) is 4.16. The lowest BCUT2D eigenvalue weighted by atomic mass is 9.97. The molecule has 0 spiro atoms. The van der Waals surface area contributed by atoms with Gasteiger partial charge in [-0.1, -0.05) is 30.3 Å². The first kappa shape index (κ1) is 13.5.